The molecule has 0 radical (unpaired) electrons. The van der Waals surface area contributed by atoms with E-state index in [9.17, 15) is 0 Å². The minimum absolute atomic E-state index is 0.268. The van der Waals surface area contributed by atoms with Gasteiger partial charge in [0.25, 0.3) is 0 Å². The number of hydrogen-bond acceptors (Lipinski definition) is 3. The van der Waals surface area contributed by atoms with Crippen LogP contribution in [0.3, 0.4) is 0 Å². The van der Waals surface area contributed by atoms with E-state index in [1.807, 2.05) is 30.3 Å². The molecule has 4 heteroatoms. The van der Waals surface area contributed by atoms with Crippen LogP contribution in [-0.4, -0.2) is 21.7 Å². The summed E-state index contributed by atoms with van der Waals surface area (Å²) in [6.45, 7) is 2.70. The van der Waals surface area contributed by atoms with Crippen LogP contribution in [0.5, 0.6) is 0 Å². The summed E-state index contributed by atoms with van der Waals surface area (Å²) in [6, 6.07) is 9.93. The molecule has 1 unspecified atom stereocenters. The number of aromatic nitrogens is 3. The third-order valence-electron chi connectivity index (χ3n) is 2.70. The van der Waals surface area contributed by atoms with Crippen LogP contribution in [0.25, 0.3) is 11.4 Å². The number of rotatable bonds is 4. The topological polar surface area (TPSA) is 67.6 Å². The molecule has 0 aliphatic heterocycles. The summed E-state index contributed by atoms with van der Waals surface area (Å²) in [5.41, 5.74) is 6.70. The molecular weight excluding hydrogens is 200 g/mol. The average Bonchev–Trinajstić information content (AvgIpc) is 2.81. The van der Waals surface area contributed by atoms with E-state index in [0.29, 0.717) is 6.54 Å². The van der Waals surface area contributed by atoms with E-state index in [0.717, 1.165) is 23.6 Å². The molecule has 16 heavy (non-hydrogen) atoms. The first-order chi connectivity index (χ1) is 7.85. The third kappa shape index (κ3) is 2.12. The molecule has 0 saturated heterocycles. The fourth-order valence-corrected chi connectivity index (χ4v) is 1.64. The zero-order valence-electron chi connectivity index (χ0n) is 9.35. The summed E-state index contributed by atoms with van der Waals surface area (Å²) in [5.74, 6) is 1.89. The van der Waals surface area contributed by atoms with Gasteiger partial charge in [-0.3, -0.25) is 5.10 Å². The molecule has 0 aliphatic rings. The molecule has 1 aromatic heterocycles. The Morgan fingerprint density at radius 2 is 2.06 bits per heavy atom. The molecule has 1 aromatic carbocycles. The molecule has 0 bridgehead atoms. The van der Waals surface area contributed by atoms with Gasteiger partial charge >= 0.3 is 0 Å². The molecule has 84 valence electrons. The van der Waals surface area contributed by atoms with Gasteiger partial charge in [-0.2, -0.15) is 5.10 Å². The molecular formula is C12H16N4. The summed E-state index contributed by atoms with van der Waals surface area (Å²) >= 11 is 0. The van der Waals surface area contributed by atoms with E-state index in [1.165, 1.54) is 0 Å². The van der Waals surface area contributed by atoms with Crippen molar-refractivity contribution in [1.82, 2.24) is 15.2 Å². The van der Waals surface area contributed by atoms with Crippen molar-refractivity contribution < 1.29 is 0 Å². The number of nitrogens with one attached hydrogen (secondary N) is 1. The van der Waals surface area contributed by atoms with Crippen LogP contribution in [0.4, 0.5) is 0 Å². The standard InChI is InChI=1S/C12H16N4/c1-2-9(8-13)11-14-12(16-15-11)10-6-4-3-5-7-10/h3-7,9H,2,8,13H2,1H3,(H,14,15,16). The summed E-state index contributed by atoms with van der Waals surface area (Å²) in [5, 5.41) is 7.18. The Labute approximate surface area is 94.9 Å². The number of nitrogens with two attached hydrogens (primary N) is 1. The number of nitrogens with zero attached hydrogens (tertiary/aromatic N) is 2. The molecule has 0 fully saturated rings. The van der Waals surface area contributed by atoms with Gasteiger partial charge < -0.3 is 5.73 Å². The quantitative estimate of drug-likeness (QED) is 0.820. The monoisotopic (exact) mass is 216 g/mol. The van der Waals surface area contributed by atoms with Crippen molar-refractivity contribution in [2.45, 2.75) is 19.3 Å². The van der Waals surface area contributed by atoms with Crippen molar-refractivity contribution in [3.8, 4) is 11.4 Å². The number of benzene rings is 1. The molecule has 0 aliphatic carbocycles. The van der Waals surface area contributed by atoms with Crippen LogP contribution in [-0.2, 0) is 0 Å². The van der Waals surface area contributed by atoms with Crippen LogP contribution in [0.1, 0.15) is 25.1 Å². The minimum atomic E-state index is 0.268. The molecule has 0 saturated carbocycles. The average molecular weight is 216 g/mol. The highest BCUT2D eigenvalue weighted by Gasteiger charge is 2.13. The molecule has 3 N–H and O–H groups in total. The Bertz CT molecular complexity index is 431. The molecule has 1 atom stereocenters. The second-order valence-corrected chi connectivity index (χ2v) is 3.75. The predicted octanol–water partition coefficient (Wildman–Crippen LogP) is 1.92. The maximum Gasteiger partial charge on any atom is 0.181 e. The summed E-state index contributed by atoms with van der Waals surface area (Å²) in [7, 11) is 0. The fourth-order valence-electron chi connectivity index (χ4n) is 1.64. The lowest BCUT2D eigenvalue weighted by atomic mass is 10.1. The zero-order valence-corrected chi connectivity index (χ0v) is 9.35. The van der Waals surface area contributed by atoms with Crippen LogP contribution in [0, 0.1) is 0 Å². The first-order valence-corrected chi connectivity index (χ1v) is 5.53. The molecule has 2 rings (SSSR count). The van der Waals surface area contributed by atoms with E-state index in [2.05, 4.69) is 22.1 Å². The van der Waals surface area contributed by atoms with Crippen molar-refractivity contribution >= 4 is 0 Å². The van der Waals surface area contributed by atoms with Crippen molar-refractivity contribution in [2.24, 2.45) is 5.73 Å². The summed E-state index contributed by atoms with van der Waals surface area (Å²) in [4.78, 5) is 4.48. The van der Waals surface area contributed by atoms with Gasteiger partial charge in [0.05, 0.1) is 0 Å². The van der Waals surface area contributed by atoms with Crippen molar-refractivity contribution in [3.63, 3.8) is 0 Å². The third-order valence-corrected chi connectivity index (χ3v) is 2.70. The lowest BCUT2D eigenvalue weighted by molar-refractivity contribution is 0.634. The molecule has 0 spiro atoms. The highest BCUT2D eigenvalue weighted by atomic mass is 15.2. The van der Waals surface area contributed by atoms with Gasteiger partial charge in [-0.25, -0.2) is 4.98 Å². The van der Waals surface area contributed by atoms with E-state index in [1.54, 1.807) is 0 Å². The minimum Gasteiger partial charge on any atom is -0.330 e. The van der Waals surface area contributed by atoms with Crippen molar-refractivity contribution in [2.75, 3.05) is 6.54 Å². The van der Waals surface area contributed by atoms with Gasteiger partial charge in [0.2, 0.25) is 0 Å². The van der Waals surface area contributed by atoms with Crippen molar-refractivity contribution in [1.29, 1.82) is 0 Å². The van der Waals surface area contributed by atoms with Gasteiger partial charge in [0, 0.05) is 18.0 Å². The molecule has 1 heterocycles. The second kappa shape index (κ2) is 4.90. The van der Waals surface area contributed by atoms with E-state index >= 15 is 0 Å². The Morgan fingerprint density at radius 3 is 2.69 bits per heavy atom. The van der Waals surface area contributed by atoms with Crippen molar-refractivity contribution in [3.05, 3.63) is 36.2 Å². The Morgan fingerprint density at radius 1 is 1.31 bits per heavy atom. The van der Waals surface area contributed by atoms with Crippen LogP contribution in [0.15, 0.2) is 30.3 Å². The maximum atomic E-state index is 5.68. The normalized spacial score (nSPS) is 12.6. The van der Waals surface area contributed by atoms with Crippen LogP contribution in [0.2, 0.25) is 0 Å². The van der Waals surface area contributed by atoms with E-state index in [4.69, 9.17) is 5.73 Å². The second-order valence-electron chi connectivity index (χ2n) is 3.75. The van der Waals surface area contributed by atoms with Gasteiger partial charge in [-0.15, -0.1) is 0 Å². The largest absolute Gasteiger partial charge is 0.330 e. The van der Waals surface area contributed by atoms with Gasteiger partial charge in [0.1, 0.15) is 5.82 Å². The van der Waals surface area contributed by atoms with E-state index < -0.39 is 0 Å². The Kier molecular flexibility index (Phi) is 3.31. The lowest BCUT2D eigenvalue weighted by Crippen LogP contribution is -2.12. The smallest absolute Gasteiger partial charge is 0.181 e. The first-order valence-electron chi connectivity index (χ1n) is 5.53. The van der Waals surface area contributed by atoms with Gasteiger partial charge in [-0.05, 0) is 6.42 Å². The first kappa shape index (κ1) is 10.8. The predicted molar refractivity (Wildman–Crippen MR) is 63.9 cm³/mol. The molecule has 2 aromatic rings. The number of aromatic amines is 1. The van der Waals surface area contributed by atoms with E-state index in [-0.39, 0.29) is 5.92 Å². The molecule has 4 nitrogen and oxygen atoms in total. The number of H-pyrrole nitrogens is 1. The zero-order chi connectivity index (χ0) is 11.4. The SMILES string of the molecule is CCC(CN)c1nc(-c2ccccc2)n[nH]1. The highest BCUT2D eigenvalue weighted by Crippen LogP contribution is 2.18. The highest BCUT2D eigenvalue weighted by molar-refractivity contribution is 5.53. The van der Waals surface area contributed by atoms with Crippen LogP contribution < -0.4 is 5.73 Å². The number of hydrogen-bond donors (Lipinski definition) is 2. The van der Waals surface area contributed by atoms with Crippen LogP contribution >= 0.6 is 0 Å². The maximum absolute atomic E-state index is 5.68. The Hall–Kier alpha value is -1.68. The molecule has 0 amide bonds. The lowest BCUT2D eigenvalue weighted by Gasteiger charge is -2.06. The van der Waals surface area contributed by atoms with Gasteiger partial charge in [0.15, 0.2) is 5.82 Å². The Balaban J connectivity index is 2.26. The van der Waals surface area contributed by atoms with Gasteiger partial charge in [-0.1, -0.05) is 37.3 Å². The fraction of sp³-hybridized carbons (Fsp3) is 0.333. The summed E-state index contributed by atoms with van der Waals surface area (Å²) in [6.07, 6.45) is 0.972. The summed E-state index contributed by atoms with van der Waals surface area (Å²) < 4.78 is 0.